The van der Waals surface area contributed by atoms with Crippen molar-refractivity contribution in [2.45, 2.75) is 51.6 Å². The number of nitrogens with one attached hydrogen (secondary N) is 1. The summed E-state index contributed by atoms with van der Waals surface area (Å²) in [4.78, 5) is 17.4. The monoisotopic (exact) mass is 427 g/mol. The van der Waals surface area contributed by atoms with Gasteiger partial charge in [0.25, 0.3) is 0 Å². The number of hydrogen-bond acceptors (Lipinski definition) is 4. The third-order valence-electron chi connectivity index (χ3n) is 6.43. The average molecular weight is 428 g/mol. The van der Waals surface area contributed by atoms with Gasteiger partial charge in [-0.2, -0.15) is 4.68 Å². The van der Waals surface area contributed by atoms with Gasteiger partial charge in [0.2, 0.25) is 0 Å². The summed E-state index contributed by atoms with van der Waals surface area (Å²) < 4.78 is 1.42. The summed E-state index contributed by atoms with van der Waals surface area (Å²) in [5, 5.41) is 8.20. The van der Waals surface area contributed by atoms with Crippen LogP contribution in [0.2, 0.25) is 5.02 Å². The first kappa shape index (κ1) is 20.9. The summed E-state index contributed by atoms with van der Waals surface area (Å²) in [6.45, 7) is 11.3. The van der Waals surface area contributed by atoms with Gasteiger partial charge in [0, 0.05) is 48.2 Å². The number of aryl methyl sites for hydroxylation is 1. The van der Waals surface area contributed by atoms with Crippen molar-refractivity contribution >= 4 is 23.4 Å². The Labute approximate surface area is 183 Å². The van der Waals surface area contributed by atoms with Crippen molar-refractivity contribution in [1.29, 1.82) is 0 Å². The third-order valence-corrected chi connectivity index (χ3v) is 6.85. The van der Waals surface area contributed by atoms with Crippen LogP contribution in [0.4, 0.5) is 10.6 Å². The Kier molecular flexibility index (Phi) is 5.89. The number of allylic oxidation sites excluding steroid dienone is 1. The predicted molar refractivity (Wildman–Crippen MR) is 121 cm³/mol. The molecule has 1 aromatic heterocycles. The lowest BCUT2D eigenvalue weighted by Gasteiger charge is -2.45. The largest absolute Gasteiger partial charge is 0.344 e. The van der Waals surface area contributed by atoms with E-state index in [-0.39, 0.29) is 11.6 Å². The van der Waals surface area contributed by atoms with Gasteiger partial charge < -0.3 is 10.2 Å². The molecule has 0 saturated carbocycles. The van der Waals surface area contributed by atoms with Crippen LogP contribution in [0.3, 0.4) is 0 Å². The Morgan fingerprint density at radius 2 is 2.00 bits per heavy atom. The van der Waals surface area contributed by atoms with Gasteiger partial charge in [-0.05, 0) is 63.3 Å². The number of nitrogens with zero attached hydrogens (tertiary/aromatic N) is 4. The number of likely N-dealkylation sites (tertiary alicyclic amines) is 2. The minimum absolute atomic E-state index is 0.0579. The van der Waals surface area contributed by atoms with E-state index in [1.165, 1.54) is 23.1 Å². The lowest BCUT2D eigenvalue weighted by molar-refractivity contribution is 0.0585. The van der Waals surface area contributed by atoms with Gasteiger partial charge in [0.05, 0.1) is 0 Å². The van der Waals surface area contributed by atoms with Crippen LogP contribution in [0.15, 0.2) is 42.7 Å². The Morgan fingerprint density at radius 1 is 1.23 bits per heavy atom. The summed E-state index contributed by atoms with van der Waals surface area (Å²) in [5.41, 5.74) is 3.43. The van der Waals surface area contributed by atoms with E-state index < -0.39 is 0 Å². The van der Waals surface area contributed by atoms with Crippen LogP contribution in [-0.4, -0.2) is 50.8 Å². The van der Waals surface area contributed by atoms with Crippen molar-refractivity contribution in [1.82, 2.24) is 19.6 Å². The van der Waals surface area contributed by atoms with Crippen molar-refractivity contribution in [3.8, 4) is 0 Å². The molecule has 7 heteroatoms. The Balaban J connectivity index is 1.39. The molecule has 0 radical (unpaired) electrons. The summed E-state index contributed by atoms with van der Waals surface area (Å²) in [5.74, 6) is 0.643. The Morgan fingerprint density at radius 3 is 2.70 bits per heavy atom. The van der Waals surface area contributed by atoms with Crippen LogP contribution < -0.4 is 5.32 Å². The second-order valence-electron chi connectivity index (χ2n) is 8.65. The summed E-state index contributed by atoms with van der Waals surface area (Å²) in [6.07, 6.45) is 6.14. The molecule has 30 heavy (non-hydrogen) atoms. The maximum Gasteiger partial charge on any atom is 0.344 e. The molecular weight excluding hydrogens is 398 g/mol. The number of amides is 1. The van der Waals surface area contributed by atoms with E-state index in [2.05, 4.69) is 41.0 Å². The zero-order valence-corrected chi connectivity index (χ0v) is 18.6. The number of benzene rings is 1. The molecule has 3 heterocycles. The lowest BCUT2D eigenvalue weighted by atomic mass is 9.84. The molecule has 2 aliphatic rings. The Bertz CT molecular complexity index is 945. The molecule has 1 aromatic carbocycles. The smallest absolute Gasteiger partial charge is 0.343 e. The fraction of sp³-hybridized carbons (Fsp3) is 0.478. The summed E-state index contributed by atoms with van der Waals surface area (Å²) >= 11 is 6.20. The molecule has 2 fully saturated rings. The topological polar surface area (TPSA) is 53.4 Å². The molecule has 1 N–H and O–H groups in total. The maximum atomic E-state index is 12.9. The number of rotatable bonds is 4. The highest BCUT2D eigenvalue weighted by Gasteiger charge is 2.43. The highest BCUT2D eigenvalue weighted by molar-refractivity contribution is 6.31. The SMILES string of the molecule is C=C(C)Nc1ccn(C(=O)N2CCC3(CCCN3Cc3ccc(Cl)c(C)c3)CC2)n1. The molecule has 2 saturated heterocycles. The van der Waals surface area contributed by atoms with E-state index in [9.17, 15) is 4.79 Å². The predicted octanol–water partition coefficient (Wildman–Crippen LogP) is 4.89. The van der Waals surface area contributed by atoms with Crippen molar-refractivity contribution < 1.29 is 4.79 Å². The number of aromatic nitrogens is 2. The molecule has 0 atom stereocenters. The van der Waals surface area contributed by atoms with E-state index in [1.54, 1.807) is 12.3 Å². The normalized spacial score (nSPS) is 18.7. The molecule has 2 aliphatic heterocycles. The lowest BCUT2D eigenvalue weighted by Crippen LogP contribution is -2.53. The van der Waals surface area contributed by atoms with Gasteiger partial charge in [-0.15, -0.1) is 5.10 Å². The van der Waals surface area contributed by atoms with Crippen LogP contribution in [0.5, 0.6) is 0 Å². The quantitative estimate of drug-likeness (QED) is 0.754. The van der Waals surface area contributed by atoms with Gasteiger partial charge in [-0.1, -0.05) is 30.3 Å². The van der Waals surface area contributed by atoms with Gasteiger partial charge >= 0.3 is 6.03 Å². The molecule has 6 nitrogen and oxygen atoms in total. The van der Waals surface area contributed by atoms with Crippen molar-refractivity contribution in [3.05, 3.63) is 58.9 Å². The Hall–Kier alpha value is -2.31. The molecule has 0 aliphatic carbocycles. The van der Waals surface area contributed by atoms with E-state index >= 15 is 0 Å². The zero-order chi connectivity index (χ0) is 21.3. The fourth-order valence-corrected chi connectivity index (χ4v) is 4.93. The van der Waals surface area contributed by atoms with Crippen LogP contribution in [0.25, 0.3) is 0 Å². The molecule has 2 aromatic rings. The van der Waals surface area contributed by atoms with Gasteiger partial charge in [0.15, 0.2) is 5.82 Å². The molecule has 0 bridgehead atoms. The molecule has 1 spiro atoms. The number of piperidine rings is 1. The molecular formula is C23H30ClN5O. The first-order chi connectivity index (χ1) is 14.4. The van der Waals surface area contributed by atoms with Crippen LogP contribution in [0.1, 0.15) is 43.7 Å². The van der Waals surface area contributed by atoms with Gasteiger partial charge in [0.1, 0.15) is 0 Å². The van der Waals surface area contributed by atoms with Crippen molar-refractivity contribution in [2.24, 2.45) is 0 Å². The maximum absolute atomic E-state index is 12.9. The molecule has 160 valence electrons. The fourth-order valence-electron chi connectivity index (χ4n) is 4.81. The summed E-state index contributed by atoms with van der Waals surface area (Å²) in [6, 6.07) is 8.06. The number of halogens is 1. The minimum Gasteiger partial charge on any atom is -0.343 e. The van der Waals surface area contributed by atoms with Crippen molar-refractivity contribution in [3.63, 3.8) is 0 Å². The van der Waals surface area contributed by atoms with Crippen LogP contribution >= 0.6 is 11.6 Å². The van der Waals surface area contributed by atoms with Gasteiger partial charge in [-0.25, -0.2) is 4.79 Å². The average Bonchev–Trinajstić information content (AvgIpc) is 3.32. The second kappa shape index (κ2) is 8.44. The molecule has 4 rings (SSSR count). The highest BCUT2D eigenvalue weighted by atomic mass is 35.5. The van der Waals surface area contributed by atoms with Gasteiger partial charge in [-0.3, -0.25) is 4.90 Å². The second-order valence-corrected chi connectivity index (χ2v) is 9.06. The first-order valence-corrected chi connectivity index (χ1v) is 11.0. The van der Waals surface area contributed by atoms with E-state index in [1.807, 2.05) is 17.9 Å². The number of hydrogen-bond donors (Lipinski definition) is 1. The highest BCUT2D eigenvalue weighted by Crippen LogP contribution is 2.39. The first-order valence-electron chi connectivity index (χ1n) is 10.6. The minimum atomic E-state index is -0.0579. The molecule has 1 amide bonds. The standard InChI is InChI=1S/C23H30ClN5O/c1-17(2)25-21-7-12-29(26-21)22(30)27-13-9-23(10-14-27)8-4-11-28(23)16-19-5-6-20(24)18(3)15-19/h5-7,12,15H,1,4,8-11,13-14,16H2,2-3H3,(H,25,26). The van der Waals surface area contributed by atoms with Crippen LogP contribution in [-0.2, 0) is 6.54 Å². The number of carbonyl (C=O) groups excluding carboxylic acids is 1. The molecule has 0 unspecified atom stereocenters. The van der Waals surface area contributed by atoms with E-state index in [0.29, 0.717) is 5.82 Å². The van der Waals surface area contributed by atoms with E-state index in [0.717, 1.165) is 55.3 Å². The summed E-state index contributed by atoms with van der Waals surface area (Å²) in [7, 11) is 0. The number of carbonyl (C=O) groups is 1. The van der Waals surface area contributed by atoms with Crippen LogP contribution in [0, 0.1) is 6.92 Å². The van der Waals surface area contributed by atoms with Crippen molar-refractivity contribution in [2.75, 3.05) is 25.0 Å². The number of anilines is 1. The zero-order valence-electron chi connectivity index (χ0n) is 17.8. The third kappa shape index (κ3) is 4.25. The van der Waals surface area contributed by atoms with E-state index in [4.69, 9.17) is 11.6 Å².